The molecule has 1 amide bonds. The molecule has 3 aromatic carbocycles. The van der Waals surface area contributed by atoms with E-state index in [2.05, 4.69) is 42.4 Å². The number of amides is 1. The number of methoxy groups -OCH3 is 1. The minimum atomic E-state index is -0.477. The van der Waals surface area contributed by atoms with Crippen molar-refractivity contribution in [3.63, 3.8) is 0 Å². The molecule has 13 heteroatoms. The fraction of sp³-hybridized carbons (Fsp3) is 0.130. The van der Waals surface area contributed by atoms with E-state index >= 15 is 0 Å². The molecule has 3 aromatic rings. The minimum Gasteiger partial charge on any atom is -0.493 e. The number of nitro groups is 1. The maximum Gasteiger partial charge on any atom is 0.269 e. The third-order valence-electron chi connectivity index (χ3n) is 4.55. The van der Waals surface area contributed by atoms with Gasteiger partial charge in [-0.15, -0.1) is 11.8 Å². The molecule has 0 aliphatic carbocycles. The second-order valence-corrected chi connectivity index (χ2v) is 10.4. The lowest BCUT2D eigenvalue weighted by Crippen LogP contribution is -2.19. The number of ether oxygens (including phenoxy) is 2. The van der Waals surface area contributed by atoms with E-state index in [1.807, 2.05) is 6.07 Å². The predicted molar refractivity (Wildman–Crippen MR) is 149 cm³/mol. The molecule has 0 aliphatic heterocycles. The van der Waals surface area contributed by atoms with Gasteiger partial charge in [0.15, 0.2) is 11.5 Å². The molecule has 8 nitrogen and oxygen atoms in total. The molecule has 0 aliphatic rings. The molecule has 0 aromatic heterocycles. The monoisotopic (exact) mass is 675 g/mol. The number of halogens is 4. The summed E-state index contributed by atoms with van der Waals surface area (Å²) in [5, 5.41) is 15.6. The highest BCUT2D eigenvalue weighted by Crippen LogP contribution is 2.42. The second-order valence-electron chi connectivity index (χ2n) is 7.00. The Morgan fingerprint density at radius 2 is 1.86 bits per heavy atom. The van der Waals surface area contributed by atoms with Crippen LogP contribution in [0.1, 0.15) is 11.1 Å². The van der Waals surface area contributed by atoms with Crippen LogP contribution in [0.25, 0.3) is 0 Å². The van der Waals surface area contributed by atoms with Crippen molar-refractivity contribution < 1.29 is 19.2 Å². The smallest absolute Gasteiger partial charge is 0.269 e. The standard InChI is InChI=1S/C23H17Br2Cl2N3O5S/c1-34-19-9-14(10-28-29-20(31)12-36-16-5-3-15(4-6-16)30(32)33)21(24)22(25)23(19)35-11-13-2-7-17(26)18(27)8-13/h2-10H,11-12H2,1H3,(H,29,31)/b28-10-. The highest BCUT2D eigenvalue weighted by Gasteiger charge is 2.17. The summed E-state index contributed by atoms with van der Waals surface area (Å²) in [6.45, 7) is 0.230. The molecule has 0 atom stereocenters. The first kappa shape index (κ1) is 28.3. The Labute approximate surface area is 237 Å². The minimum absolute atomic E-state index is 0.00800. The van der Waals surface area contributed by atoms with Gasteiger partial charge in [-0.2, -0.15) is 5.10 Å². The number of nitrogens with zero attached hydrogens (tertiary/aromatic N) is 2. The van der Waals surface area contributed by atoms with Crippen molar-refractivity contribution in [2.75, 3.05) is 12.9 Å². The molecule has 0 fully saturated rings. The van der Waals surface area contributed by atoms with Crippen LogP contribution in [0.2, 0.25) is 10.0 Å². The van der Waals surface area contributed by atoms with E-state index in [0.717, 1.165) is 10.5 Å². The van der Waals surface area contributed by atoms with Crippen molar-refractivity contribution in [3.8, 4) is 11.5 Å². The molecule has 0 saturated carbocycles. The first-order chi connectivity index (χ1) is 17.2. The Balaban J connectivity index is 1.62. The van der Waals surface area contributed by atoms with Gasteiger partial charge >= 0.3 is 0 Å². The Morgan fingerprint density at radius 1 is 1.14 bits per heavy atom. The van der Waals surface area contributed by atoms with E-state index in [4.69, 9.17) is 32.7 Å². The average Bonchev–Trinajstić information content (AvgIpc) is 2.86. The summed E-state index contributed by atoms with van der Waals surface area (Å²) in [5.41, 5.74) is 3.91. The van der Waals surface area contributed by atoms with Crippen molar-refractivity contribution in [2.45, 2.75) is 11.5 Å². The third kappa shape index (κ3) is 7.59. The third-order valence-corrected chi connectivity index (χ3v) is 8.45. The van der Waals surface area contributed by atoms with Crippen LogP contribution in [-0.4, -0.2) is 29.9 Å². The summed E-state index contributed by atoms with van der Waals surface area (Å²) in [6.07, 6.45) is 1.47. The molecule has 3 rings (SSSR count). The quantitative estimate of drug-likeness (QED) is 0.105. The zero-order valence-electron chi connectivity index (χ0n) is 18.5. The van der Waals surface area contributed by atoms with Gasteiger partial charge in [0.2, 0.25) is 5.91 Å². The number of nitrogens with one attached hydrogen (secondary N) is 1. The summed E-state index contributed by atoms with van der Waals surface area (Å²) < 4.78 is 12.7. The van der Waals surface area contributed by atoms with Crippen molar-refractivity contribution >= 4 is 84.6 Å². The lowest BCUT2D eigenvalue weighted by Gasteiger charge is -2.15. The number of hydrogen-bond donors (Lipinski definition) is 1. The van der Waals surface area contributed by atoms with E-state index in [1.54, 1.807) is 30.3 Å². The average molecular weight is 678 g/mol. The molecular formula is C23H17Br2Cl2N3O5S. The topological polar surface area (TPSA) is 103 Å². The maximum absolute atomic E-state index is 12.1. The summed E-state index contributed by atoms with van der Waals surface area (Å²) in [6, 6.07) is 12.9. The van der Waals surface area contributed by atoms with Gasteiger partial charge in [-0.3, -0.25) is 14.9 Å². The number of benzene rings is 3. The number of non-ortho nitro benzene ring substituents is 1. The summed E-state index contributed by atoms with van der Waals surface area (Å²) >= 11 is 20.3. The molecule has 0 radical (unpaired) electrons. The predicted octanol–water partition coefficient (Wildman–Crippen LogP) is 7.26. The summed E-state index contributed by atoms with van der Waals surface area (Å²) in [4.78, 5) is 23.1. The Kier molecular flexibility index (Phi) is 10.4. The van der Waals surface area contributed by atoms with Crippen LogP contribution >= 0.6 is 66.8 Å². The number of hydrogen-bond acceptors (Lipinski definition) is 7. The van der Waals surface area contributed by atoms with Crippen molar-refractivity contribution in [1.82, 2.24) is 5.43 Å². The Morgan fingerprint density at radius 3 is 2.50 bits per heavy atom. The molecule has 0 saturated heterocycles. The fourth-order valence-electron chi connectivity index (χ4n) is 2.79. The molecule has 36 heavy (non-hydrogen) atoms. The second kappa shape index (κ2) is 13.3. The van der Waals surface area contributed by atoms with Gasteiger partial charge in [-0.05, 0) is 67.8 Å². The zero-order valence-corrected chi connectivity index (χ0v) is 24.0. The van der Waals surface area contributed by atoms with E-state index in [9.17, 15) is 14.9 Å². The van der Waals surface area contributed by atoms with Gasteiger partial charge < -0.3 is 9.47 Å². The highest BCUT2D eigenvalue weighted by molar-refractivity contribution is 9.13. The van der Waals surface area contributed by atoms with Gasteiger partial charge in [-0.1, -0.05) is 29.3 Å². The molecule has 0 heterocycles. The van der Waals surface area contributed by atoms with Gasteiger partial charge in [0, 0.05) is 27.1 Å². The maximum atomic E-state index is 12.1. The molecule has 188 valence electrons. The largest absolute Gasteiger partial charge is 0.493 e. The van der Waals surface area contributed by atoms with E-state index < -0.39 is 4.92 Å². The number of nitro benzene ring substituents is 1. The Hall–Kier alpha value is -2.31. The molecular weight excluding hydrogens is 661 g/mol. The van der Waals surface area contributed by atoms with Gasteiger partial charge in [0.25, 0.3) is 5.69 Å². The number of carbonyl (C=O) groups excluding carboxylic acids is 1. The van der Waals surface area contributed by atoms with Crippen LogP contribution in [-0.2, 0) is 11.4 Å². The van der Waals surface area contributed by atoms with Crippen LogP contribution < -0.4 is 14.9 Å². The van der Waals surface area contributed by atoms with Crippen LogP contribution in [0, 0.1) is 10.1 Å². The zero-order chi connectivity index (χ0) is 26.2. The van der Waals surface area contributed by atoms with Crippen LogP contribution in [0.4, 0.5) is 5.69 Å². The van der Waals surface area contributed by atoms with Crippen LogP contribution in [0.3, 0.4) is 0 Å². The van der Waals surface area contributed by atoms with Gasteiger partial charge in [0.1, 0.15) is 6.61 Å². The normalized spacial score (nSPS) is 10.9. The molecule has 0 bridgehead atoms. The number of rotatable bonds is 10. The first-order valence-corrected chi connectivity index (χ1v) is 13.3. The van der Waals surface area contributed by atoms with Crippen molar-refractivity contribution in [2.24, 2.45) is 5.10 Å². The van der Waals surface area contributed by atoms with Crippen molar-refractivity contribution in [1.29, 1.82) is 0 Å². The summed E-state index contributed by atoms with van der Waals surface area (Å²) in [7, 11) is 1.51. The lowest BCUT2D eigenvalue weighted by molar-refractivity contribution is -0.384. The van der Waals surface area contributed by atoms with Crippen LogP contribution in [0.15, 0.2) is 67.5 Å². The summed E-state index contributed by atoms with van der Waals surface area (Å²) in [5.74, 6) is 0.672. The number of carbonyl (C=O) groups is 1. The molecule has 0 spiro atoms. The Bertz CT molecular complexity index is 1310. The SMILES string of the molecule is COc1cc(/C=N\NC(=O)CSc2ccc([N+](=O)[O-])cc2)c(Br)c(Br)c1OCc1ccc(Cl)c(Cl)c1. The van der Waals surface area contributed by atoms with E-state index in [0.29, 0.717) is 36.1 Å². The van der Waals surface area contributed by atoms with Crippen molar-refractivity contribution in [3.05, 3.63) is 88.8 Å². The first-order valence-electron chi connectivity index (χ1n) is 10.0. The van der Waals surface area contributed by atoms with E-state index in [-0.39, 0.29) is 24.0 Å². The highest BCUT2D eigenvalue weighted by atomic mass is 79.9. The van der Waals surface area contributed by atoms with E-state index in [1.165, 1.54) is 37.2 Å². The van der Waals surface area contributed by atoms with Crippen LogP contribution in [0.5, 0.6) is 11.5 Å². The lowest BCUT2D eigenvalue weighted by atomic mass is 10.2. The van der Waals surface area contributed by atoms with Gasteiger partial charge in [0.05, 0.1) is 38.5 Å². The molecule has 1 N–H and O–H groups in total. The molecule has 0 unspecified atom stereocenters. The van der Waals surface area contributed by atoms with Gasteiger partial charge in [-0.25, -0.2) is 5.43 Å². The number of thioether (sulfide) groups is 1. The fourth-order valence-corrected chi connectivity index (χ4v) is 4.74. The number of hydrazone groups is 1.